The summed E-state index contributed by atoms with van der Waals surface area (Å²) in [5.74, 6) is 0.0644. The van der Waals surface area contributed by atoms with Gasteiger partial charge in [0.05, 0.1) is 30.9 Å². The molecule has 1 N–H and O–H groups in total. The number of carbonyl (C=O) groups excluding carboxylic acids is 1. The Kier molecular flexibility index (Phi) is 4.73. The normalized spacial score (nSPS) is 11.2. The number of amides is 1. The number of carbonyl (C=O) groups is 1. The van der Waals surface area contributed by atoms with Crippen molar-refractivity contribution in [2.75, 3.05) is 32.1 Å². The molecular formula is C15H22N3OS+. The fraction of sp³-hybridized carbons (Fsp3) is 0.467. The van der Waals surface area contributed by atoms with Crippen LogP contribution in [0.2, 0.25) is 0 Å². The van der Waals surface area contributed by atoms with E-state index in [0.29, 0.717) is 0 Å². The molecule has 0 saturated heterocycles. The van der Waals surface area contributed by atoms with E-state index in [1.54, 1.807) is 23.2 Å². The first-order chi connectivity index (χ1) is 9.47. The molecule has 0 aliphatic carbocycles. The summed E-state index contributed by atoms with van der Waals surface area (Å²) in [4.78, 5) is 19.6. The number of nitrogens with one attached hydrogen (secondary N) is 1. The van der Waals surface area contributed by atoms with Crippen molar-refractivity contribution in [2.24, 2.45) is 0 Å². The topological polar surface area (TPSA) is 37.6 Å². The number of benzene rings is 1. The first kappa shape index (κ1) is 14.9. The zero-order valence-electron chi connectivity index (χ0n) is 12.6. The van der Waals surface area contributed by atoms with Gasteiger partial charge >= 0.3 is 0 Å². The van der Waals surface area contributed by atoms with Crippen LogP contribution in [0.1, 0.15) is 18.9 Å². The van der Waals surface area contributed by atoms with Gasteiger partial charge in [0.25, 0.3) is 0 Å². The highest BCUT2D eigenvalue weighted by molar-refractivity contribution is 7.22. The van der Waals surface area contributed by atoms with Gasteiger partial charge in [0, 0.05) is 19.9 Å². The second-order valence-corrected chi connectivity index (χ2v) is 6.46. The van der Waals surface area contributed by atoms with Crippen LogP contribution in [0.25, 0.3) is 10.2 Å². The maximum absolute atomic E-state index is 11.8. The molecule has 0 saturated carbocycles. The Hall–Kier alpha value is -1.46. The van der Waals surface area contributed by atoms with Crippen molar-refractivity contribution < 1.29 is 9.69 Å². The lowest BCUT2D eigenvalue weighted by Crippen LogP contribution is -3.05. The molecule has 1 amide bonds. The van der Waals surface area contributed by atoms with Crippen molar-refractivity contribution in [3.63, 3.8) is 0 Å². The van der Waals surface area contributed by atoms with E-state index in [2.05, 4.69) is 38.1 Å². The summed E-state index contributed by atoms with van der Waals surface area (Å²) < 4.78 is 1.14. The quantitative estimate of drug-likeness (QED) is 0.907. The van der Waals surface area contributed by atoms with Crippen LogP contribution in [0.3, 0.4) is 0 Å². The molecule has 4 nitrogen and oxygen atoms in total. The number of hydrogen-bond donors (Lipinski definition) is 1. The number of aryl methyl sites for hydroxylation is 1. The number of anilines is 1. The number of rotatable bonds is 5. The van der Waals surface area contributed by atoms with Gasteiger partial charge < -0.3 is 4.90 Å². The SMILES string of the molecule is CC(=O)N(CCC[NH+](C)C)c1nc2ccc(C)cc2s1. The lowest BCUT2D eigenvalue weighted by Gasteiger charge is -2.18. The highest BCUT2D eigenvalue weighted by Gasteiger charge is 2.16. The van der Waals surface area contributed by atoms with Crippen molar-refractivity contribution >= 4 is 32.6 Å². The smallest absolute Gasteiger partial charge is 0.225 e. The molecular weight excluding hydrogens is 270 g/mol. The van der Waals surface area contributed by atoms with Crippen LogP contribution in [0.15, 0.2) is 18.2 Å². The van der Waals surface area contributed by atoms with E-state index in [1.807, 2.05) is 6.07 Å². The first-order valence-corrected chi connectivity index (χ1v) is 7.73. The van der Waals surface area contributed by atoms with E-state index in [1.165, 1.54) is 10.5 Å². The Bertz CT molecular complexity index is 606. The van der Waals surface area contributed by atoms with Crippen molar-refractivity contribution in [1.29, 1.82) is 0 Å². The van der Waals surface area contributed by atoms with Gasteiger partial charge in [0.1, 0.15) is 0 Å². The van der Waals surface area contributed by atoms with Crippen LogP contribution in [-0.4, -0.2) is 38.1 Å². The number of thiazole rings is 1. The lowest BCUT2D eigenvalue weighted by atomic mass is 10.2. The molecule has 0 aliphatic rings. The highest BCUT2D eigenvalue weighted by atomic mass is 32.1. The third-order valence-electron chi connectivity index (χ3n) is 3.20. The van der Waals surface area contributed by atoms with Gasteiger partial charge in [-0.05, 0) is 24.6 Å². The number of quaternary nitrogens is 1. The van der Waals surface area contributed by atoms with Crippen LogP contribution in [0, 0.1) is 6.92 Å². The number of fused-ring (bicyclic) bond motifs is 1. The molecule has 1 aromatic heterocycles. The van der Waals surface area contributed by atoms with Gasteiger partial charge in [0.15, 0.2) is 5.13 Å². The van der Waals surface area contributed by atoms with Gasteiger partial charge in [-0.3, -0.25) is 9.69 Å². The van der Waals surface area contributed by atoms with E-state index in [-0.39, 0.29) is 5.91 Å². The highest BCUT2D eigenvalue weighted by Crippen LogP contribution is 2.29. The van der Waals surface area contributed by atoms with Gasteiger partial charge in [0.2, 0.25) is 5.91 Å². The monoisotopic (exact) mass is 292 g/mol. The number of nitrogens with zero attached hydrogens (tertiary/aromatic N) is 2. The van der Waals surface area contributed by atoms with Gasteiger partial charge in [-0.15, -0.1) is 0 Å². The molecule has 20 heavy (non-hydrogen) atoms. The molecule has 1 aromatic carbocycles. The summed E-state index contributed by atoms with van der Waals surface area (Å²) in [5, 5.41) is 0.812. The Morgan fingerprint density at radius 1 is 1.40 bits per heavy atom. The summed E-state index contributed by atoms with van der Waals surface area (Å²) in [5.41, 5.74) is 2.19. The van der Waals surface area contributed by atoms with Gasteiger partial charge in [-0.25, -0.2) is 4.98 Å². The second-order valence-electron chi connectivity index (χ2n) is 5.45. The molecule has 0 fully saturated rings. The minimum Gasteiger partial charge on any atom is -0.340 e. The van der Waals surface area contributed by atoms with Crippen molar-refractivity contribution in [2.45, 2.75) is 20.3 Å². The summed E-state index contributed by atoms with van der Waals surface area (Å²) in [7, 11) is 4.25. The minimum atomic E-state index is 0.0644. The predicted octanol–water partition coefficient (Wildman–Crippen LogP) is 1.49. The van der Waals surface area contributed by atoms with Crippen LogP contribution >= 0.6 is 11.3 Å². The predicted molar refractivity (Wildman–Crippen MR) is 84.7 cm³/mol. The molecule has 0 radical (unpaired) electrons. The average Bonchev–Trinajstić information content (AvgIpc) is 2.76. The molecule has 108 valence electrons. The molecule has 5 heteroatoms. The summed E-state index contributed by atoms with van der Waals surface area (Å²) >= 11 is 1.59. The zero-order chi connectivity index (χ0) is 14.7. The van der Waals surface area contributed by atoms with Crippen molar-refractivity contribution in [3.05, 3.63) is 23.8 Å². The Balaban J connectivity index is 2.20. The molecule has 0 unspecified atom stereocenters. The fourth-order valence-corrected chi connectivity index (χ4v) is 3.25. The van der Waals surface area contributed by atoms with Gasteiger partial charge in [-0.2, -0.15) is 0 Å². The molecule has 0 bridgehead atoms. The van der Waals surface area contributed by atoms with E-state index >= 15 is 0 Å². The number of hydrogen-bond acceptors (Lipinski definition) is 3. The number of aromatic nitrogens is 1. The van der Waals surface area contributed by atoms with Gasteiger partial charge in [-0.1, -0.05) is 17.4 Å². The molecule has 0 aliphatic heterocycles. The molecule has 2 rings (SSSR count). The van der Waals surface area contributed by atoms with Crippen LogP contribution in [-0.2, 0) is 4.79 Å². The standard InChI is InChI=1S/C15H21N3OS/c1-11-6-7-13-14(10-11)20-15(16-13)18(12(2)19)9-5-8-17(3)4/h6-7,10H,5,8-9H2,1-4H3/p+1. The Labute approximate surface area is 124 Å². The second kappa shape index (κ2) is 6.33. The maximum atomic E-state index is 11.8. The summed E-state index contributed by atoms with van der Waals surface area (Å²) in [6.45, 7) is 5.47. The lowest BCUT2D eigenvalue weighted by molar-refractivity contribution is -0.858. The first-order valence-electron chi connectivity index (χ1n) is 6.91. The minimum absolute atomic E-state index is 0.0644. The van der Waals surface area contributed by atoms with E-state index < -0.39 is 0 Å². The van der Waals surface area contributed by atoms with E-state index in [9.17, 15) is 4.79 Å². The zero-order valence-corrected chi connectivity index (χ0v) is 13.4. The third kappa shape index (κ3) is 3.55. The van der Waals surface area contributed by atoms with E-state index in [4.69, 9.17) is 0 Å². The van der Waals surface area contributed by atoms with E-state index in [0.717, 1.165) is 34.9 Å². The largest absolute Gasteiger partial charge is 0.340 e. The van der Waals surface area contributed by atoms with Crippen molar-refractivity contribution in [1.82, 2.24) is 4.98 Å². The Morgan fingerprint density at radius 2 is 2.15 bits per heavy atom. The molecule has 1 heterocycles. The molecule has 2 aromatic rings. The Morgan fingerprint density at radius 3 is 2.80 bits per heavy atom. The molecule has 0 atom stereocenters. The maximum Gasteiger partial charge on any atom is 0.225 e. The third-order valence-corrected chi connectivity index (χ3v) is 4.24. The van der Waals surface area contributed by atoms with Crippen LogP contribution in [0.5, 0.6) is 0 Å². The average molecular weight is 292 g/mol. The van der Waals surface area contributed by atoms with Crippen LogP contribution < -0.4 is 9.80 Å². The van der Waals surface area contributed by atoms with Crippen LogP contribution in [0.4, 0.5) is 5.13 Å². The van der Waals surface area contributed by atoms with Crippen molar-refractivity contribution in [3.8, 4) is 0 Å². The summed E-state index contributed by atoms with van der Waals surface area (Å²) in [6.07, 6.45) is 0.983. The molecule has 0 spiro atoms. The fourth-order valence-electron chi connectivity index (χ4n) is 2.11. The summed E-state index contributed by atoms with van der Waals surface area (Å²) in [6, 6.07) is 6.20.